The van der Waals surface area contributed by atoms with E-state index in [4.69, 9.17) is 69.6 Å². The van der Waals surface area contributed by atoms with Crippen LogP contribution in [0.25, 0.3) is 11.1 Å². The van der Waals surface area contributed by atoms with E-state index < -0.39 is 0 Å². The van der Waals surface area contributed by atoms with E-state index in [1.807, 2.05) is 0 Å². The Bertz CT molecular complexity index is 596. The van der Waals surface area contributed by atoms with Gasteiger partial charge in [-0.05, 0) is 6.07 Å². The predicted octanol–water partition coefficient (Wildman–Crippen LogP) is 6.67. The van der Waals surface area contributed by atoms with Gasteiger partial charge in [0.05, 0.1) is 30.1 Å². The Hall–Kier alpha value is 0.110. The van der Waals surface area contributed by atoms with Crippen molar-refractivity contribution >= 4 is 69.6 Å². The molecule has 1 nitrogen and oxygen atoms in total. The fourth-order valence-corrected chi connectivity index (χ4v) is 2.94. The first kappa shape index (κ1) is 14.5. The lowest BCUT2D eigenvalue weighted by Gasteiger charge is -2.13. The largest absolute Gasteiger partial charge is 0.264 e. The summed E-state index contributed by atoms with van der Waals surface area (Å²) in [5.74, 6) is 0. The Kier molecular flexibility index (Phi) is 4.53. The van der Waals surface area contributed by atoms with Crippen molar-refractivity contribution < 1.29 is 0 Å². The second kappa shape index (κ2) is 5.62. The fraction of sp³-hybridized carbons (Fsp3) is 0. The standard InChI is InChI=1S/C11H3Cl6N/c12-5-1-2-18-3-4(5)6-7(13)9(15)11(17)10(16)8(6)14/h1-3H. The van der Waals surface area contributed by atoms with Gasteiger partial charge in [-0.25, -0.2) is 0 Å². The van der Waals surface area contributed by atoms with Crippen molar-refractivity contribution in [1.82, 2.24) is 4.98 Å². The maximum Gasteiger partial charge on any atom is 0.0809 e. The number of rotatable bonds is 1. The third kappa shape index (κ3) is 2.40. The van der Waals surface area contributed by atoms with Gasteiger partial charge in [0.15, 0.2) is 0 Å². The highest BCUT2D eigenvalue weighted by Crippen LogP contribution is 2.49. The normalized spacial score (nSPS) is 10.8. The number of halogens is 6. The summed E-state index contributed by atoms with van der Waals surface area (Å²) in [4.78, 5) is 3.96. The van der Waals surface area contributed by atoms with Crippen molar-refractivity contribution in [3.8, 4) is 11.1 Å². The van der Waals surface area contributed by atoms with Gasteiger partial charge in [-0.15, -0.1) is 0 Å². The van der Waals surface area contributed by atoms with Gasteiger partial charge in [0.2, 0.25) is 0 Å². The Balaban J connectivity index is 2.85. The lowest BCUT2D eigenvalue weighted by Crippen LogP contribution is -1.88. The molecule has 2 aromatic rings. The highest BCUT2D eigenvalue weighted by atomic mass is 35.5. The molecule has 0 aliphatic heterocycles. The van der Waals surface area contributed by atoms with Gasteiger partial charge in [0, 0.05) is 23.5 Å². The molecule has 1 aromatic carbocycles. The molecule has 0 unspecified atom stereocenters. The molecular formula is C11H3Cl6N. The summed E-state index contributed by atoms with van der Waals surface area (Å²) in [5, 5.41) is 1.17. The van der Waals surface area contributed by atoms with Crippen LogP contribution in [-0.4, -0.2) is 4.98 Å². The van der Waals surface area contributed by atoms with E-state index in [-0.39, 0.29) is 25.1 Å². The summed E-state index contributed by atoms with van der Waals surface area (Å²) in [6.07, 6.45) is 3.07. The molecule has 94 valence electrons. The number of hydrogen-bond acceptors (Lipinski definition) is 1. The van der Waals surface area contributed by atoms with Crippen molar-refractivity contribution in [2.75, 3.05) is 0 Å². The average Bonchev–Trinajstić information content (AvgIpc) is 2.36. The summed E-state index contributed by atoms with van der Waals surface area (Å²) >= 11 is 36.2. The molecule has 0 saturated heterocycles. The molecule has 0 fully saturated rings. The van der Waals surface area contributed by atoms with Gasteiger partial charge in [-0.2, -0.15) is 0 Å². The Morgan fingerprint density at radius 2 is 1.22 bits per heavy atom. The second-order valence-electron chi connectivity index (χ2n) is 3.30. The molecule has 0 radical (unpaired) electrons. The molecule has 0 N–H and O–H groups in total. The zero-order valence-electron chi connectivity index (χ0n) is 8.45. The topological polar surface area (TPSA) is 12.9 Å². The lowest BCUT2D eigenvalue weighted by atomic mass is 10.1. The molecule has 0 atom stereocenters. The first-order valence-corrected chi connectivity index (χ1v) is 6.83. The number of nitrogens with zero attached hydrogens (tertiary/aromatic N) is 1. The SMILES string of the molecule is Clc1ccncc1-c1c(Cl)c(Cl)c(Cl)c(Cl)c1Cl. The van der Waals surface area contributed by atoms with Gasteiger partial charge in [-0.1, -0.05) is 69.6 Å². The highest BCUT2D eigenvalue weighted by molar-refractivity contribution is 6.56. The van der Waals surface area contributed by atoms with Gasteiger partial charge in [0.1, 0.15) is 0 Å². The third-order valence-electron chi connectivity index (χ3n) is 2.25. The van der Waals surface area contributed by atoms with E-state index in [2.05, 4.69) is 4.98 Å². The van der Waals surface area contributed by atoms with Crippen LogP contribution < -0.4 is 0 Å². The molecule has 18 heavy (non-hydrogen) atoms. The average molecular weight is 362 g/mol. The first-order valence-electron chi connectivity index (χ1n) is 4.56. The van der Waals surface area contributed by atoms with Crippen LogP contribution in [-0.2, 0) is 0 Å². The van der Waals surface area contributed by atoms with Crippen molar-refractivity contribution in [1.29, 1.82) is 0 Å². The fourth-order valence-electron chi connectivity index (χ4n) is 1.40. The number of aromatic nitrogens is 1. The minimum Gasteiger partial charge on any atom is -0.264 e. The van der Waals surface area contributed by atoms with Gasteiger partial charge >= 0.3 is 0 Å². The molecule has 0 aliphatic rings. The van der Waals surface area contributed by atoms with E-state index in [9.17, 15) is 0 Å². The maximum atomic E-state index is 6.14. The lowest BCUT2D eigenvalue weighted by molar-refractivity contribution is 1.33. The van der Waals surface area contributed by atoms with Crippen LogP contribution in [0, 0.1) is 0 Å². The zero-order valence-corrected chi connectivity index (χ0v) is 13.0. The number of hydrogen-bond donors (Lipinski definition) is 0. The third-order valence-corrected chi connectivity index (χ3v) is 4.85. The Morgan fingerprint density at radius 1 is 0.722 bits per heavy atom. The monoisotopic (exact) mass is 359 g/mol. The number of benzene rings is 1. The summed E-state index contributed by atoms with van der Waals surface area (Å²) < 4.78 is 0. The zero-order chi connectivity index (χ0) is 13.4. The highest BCUT2D eigenvalue weighted by Gasteiger charge is 2.21. The summed E-state index contributed by atoms with van der Waals surface area (Å²) in [6.45, 7) is 0. The molecular weight excluding hydrogens is 359 g/mol. The van der Waals surface area contributed by atoms with E-state index in [1.54, 1.807) is 12.3 Å². The molecule has 1 heterocycles. The number of pyridine rings is 1. The maximum absolute atomic E-state index is 6.14. The first-order chi connectivity index (χ1) is 8.45. The molecule has 0 saturated carbocycles. The Morgan fingerprint density at radius 3 is 1.72 bits per heavy atom. The van der Waals surface area contributed by atoms with E-state index in [0.29, 0.717) is 16.1 Å². The van der Waals surface area contributed by atoms with Crippen molar-refractivity contribution in [3.63, 3.8) is 0 Å². The molecule has 0 amide bonds. The molecule has 0 aliphatic carbocycles. The molecule has 2 rings (SSSR count). The van der Waals surface area contributed by atoms with Crippen molar-refractivity contribution in [2.24, 2.45) is 0 Å². The van der Waals surface area contributed by atoms with Gasteiger partial charge < -0.3 is 0 Å². The van der Waals surface area contributed by atoms with E-state index in [1.165, 1.54) is 6.20 Å². The summed E-state index contributed by atoms with van der Waals surface area (Å²) in [7, 11) is 0. The van der Waals surface area contributed by atoms with Crippen LogP contribution in [0.5, 0.6) is 0 Å². The summed E-state index contributed by atoms with van der Waals surface area (Å²) in [6, 6.07) is 1.61. The molecule has 7 heteroatoms. The minimum atomic E-state index is 0.108. The van der Waals surface area contributed by atoms with Crippen LogP contribution in [0.2, 0.25) is 30.1 Å². The van der Waals surface area contributed by atoms with Crippen molar-refractivity contribution in [3.05, 3.63) is 48.6 Å². The predicted molar refractivity (Wildman–Crippen MR) is 79.7 cm³/mol. The van der Waals surface area contributed by atoms with Crippen LogP contribution >= 0.6 is 69.6 Å². The van der Waals surface area contributed by atoms with Crippen molar-refractivity contribution in [2.45, 2.75) is 0 Å². The van der Waals surface area contributed by atoms with Crippen LogP contribution in [0.15, 0.2) is 18.5 Å². The summed E-state index contributed by atoms with van der Waals surface area (Å²) in [5.41, 5.74) is 0.950. The quantitative estimate of drug-likeness (QED) is 0.408. The van der Waals surface area contributed by atoms with Crippen LogP contribution in [0.1, 0.15) is 0 Å². The van der Waals surface area contributed by atoms with Crippen LogP contribution in [0.3, 0.4) is 0 Å². The van der Waals surface area contributed by atoms with E-state index >= 15 is 0 Å². The van der Waals surface area contributed by atoms with Gasteiger partial charge in [0.25, 0.3) is 0 Å². The molecule has 0 bridgehead atoms. The molecule has 0 spiro atoms. The Labute approximate surface area is 134 Å². The van der Waals surface area contributed by atoms with Gasteiger partial charge in [-0.3, -0.25) is 4.98 Å². The smallest absolute Gasteiger partial charge is 0.0809 e. The minimum absolute atomic E-state index is 0.108. The van der Waals surface area contributed by atoms with E-state index in [0.717, 1.165) is 0 Å². The van der Waals surface area contributed by atoms with Crippen LogP contribution in [0.4, 0.5) is 0 Å². The molecule has 1 aromatic heterocycles. The second-order valence-corrected chi connectivity index (χ2v) is 5.60.